The highest BCUT2D eigenvalue weighted by Gasteiger charge is 2.21. The minimum atomic E-state index is 0. The maximum atomic E-state index is 5.69. The molecular weight excluding hydrogens is 401 g/mol. The van der Waals surface area contributed by atoms with E-state index >= 15 is 0 Å². The van der Waals surface area contributed by atoms with Crippen molar-refractivity contribution in [2.75, 3.05) is 40.4 Å². The van der Waals surface area contributed by atoms with Gasteiger partial charge in [0.25, 0.3) is 0 Å². The molecule has 4 nitrogen and oxygen atoms in total. The first kappa shape index (κ1) is 20.2. The van der Waals surface area contributed by atoms with Crippen LogP contribution in [0.25, 0.3) is 0 Å². The molecule has 0 aromatic heterocycles. The average molecular weight is 431 g/mol. The molecule has 23 heavy (non-hydrogen) atoms. The lowest BCUT2D eigenvalue weighted by molar-refractivity contribution is 0.115. The third-order valence-electron chi connectivity index (χ3n) is 4.13. The van der Waals surface area contributed by atoms with Crippen LogP contribution < -0.4 is 5.32 Å². The standard InChI is InChI=1S/C18H29N3O.HI/c1-15(17-7-5-4-6-8-17)13-20-18(19-2)21(3)11-12-22-14-16-9-10-16;/h4-8,15-16H,9-14H2,1-3H3,(H,19,20);1H. The molecule has 1 aromatic rings. The predicted octanol–water partition coefficient (Wildman–Crippen LogP) is 3.34. The summed E-state index contributed by atoms with van der Waals surface area (Å²) < 4.78 is 5.69. The van der Waals surface area contributed by atoms with E-state index in [-0.39, 0.29) is 24.0 Å². The van der Waals surface area contributed by atoms with Gasteiger partial charge in [-0.25, -0.2) is 0 Å². The van der Waals surface area contributed by atoms with E-state index in [1.54, 1.807) is 0 Å². The van der Waals surface area contributed by atoms with Crippen LogP contribution in [0.5, 0.6) is 0 Å². The monoisotopic (exact) mass is 431 g/mol. The molecule has 130 valence electrons. The summed E-state index contributed by atoms with van der Waals surface area (Å²) in [6.45, 7) is 5.66. The second kappa shape index (κ2) is 10.9. The van der Waals surface area contributed by atoms with Gasteiger partial charge in [0.2, 0.25) is 0 Å². The molecule has 1 saturated carbocycles. The predicted molar refractivity (Wildman–Crippen MR) is 108 cm³/mol. The summed E-state index contributed by atoms with van der Waals surface area (Å²) in [4.78, 5) is 6.49. The number of likely N-dealkylation sites (N-methyl/N-ethyl adjacent to an activating group) is 1. The first-order chi connectivity index (χ1) is 10.7. The first-order valence-corrected chi connectivity index (χ1v) is 8.25. The quantitative estimate of drug-likeness (QED) is 0.297. The average Bonchev–Trinajstić information content (AvgIpc) is 3.37. The number of hydrogen-bond acceptors (Lipinski definition) is 2. The van der Waals surface area contributed by atoms with Crippen molar-refractivity contribution in [1.29, 1.82) is 0 Å². The Morgan fingerprint density at radius 3 is 2.65 bits per heavy atom. The van der Waals surface area contributed by atoms with E-state index in [0.29, 0.717) is 5.92 Å². The Morgan fingerprint density at radius 2 is 2.04 bits per heavy atom. The first-order valence-electron chi connectivity index (χ1n) is 8.25. The van der Waals surface area contributed by atoms with Gasteiger partial charge in [-0.15, -0.1) is 24.0 Å². The molecule has 1 atom stereocenters. The molecule has 0 bridgehead atoms. The van der Waals surface area contributed by atoms with Crippen molar-refractivity contribution in [1.82, 2.24) is 10.2 Å². The highest BCUT2D eigenvalue weighted by Crippen LogP contribution is 2.28. The molecule has 1 aliphatic rings. The van der Waals surface area contributed by atoms with Gasteiger partial charge in [0, 0.05) is 33.8 Å². The number of hydrogen-bond donors (Lipinski definition) is 1. The van der Waals surface area contributed by atoms with E-state index in [9.17, 15) is 0 Å². The number of ether oxygens (including phenoxy) is 1. The number of nitrogens with one attached hydrogen (secondary N) is 1. The largest absolute Gasteiger partial charge is 0.379 e. The number of guanidine groups is 1. The van der Waals surface area contributed by atoms with Crippen LogP contribution in [0.2, 0.25) is 0 Å². The fourth-order valence-electron chi connectivity index (χ4n) is 2.37. The third kappa shape index (κ3) is 7.52. The molecule has 1 fully saturated rings. The van der Waals surface area contributed by atoms with Crippen LogP contribution in [0.3, 0.4) is 0 Å². The lowest BCUT2D eigenvalue weighted by Crippen LogP contribution is -2.41. The van der Waals surface area contributed by atoms with Crippen molar-refractivity contribution >= 4 is 29.9 Å². The Balaban J connectivity index is 0.00000264. The zero-order valence-electron chi connectivity index (χ0n) is 14.5. The summed E-state index contributed by atoms with van der Waals surface area (Å²) in [6, 6.07) is 10.6. The number of nitrogens with zero attached hydrogens (tertiary/aromatic N) is 2. The van der Waals surface area contributed by atoms with Crippen molar-refractivity contribution in [3.8, 4) is 0 Å². The number of aliphatic imine (C=N–C) groups is 1. The van der Waals surface area contributed by atoms with Gasteiger partial charge in [-0.1, -0.05) is 37.3 Å². The summed E-state index contributed by atoms with van der Waals surface area (Å²) >= 11 is 0. The molecule has 1 aromatic carbocycles. The van der Waals surface area contributed by atoms with Gasteiger partial charge in [0.05, 0.1) is 6.61 Å². The smallest absolute Gasteiger partial charge is 0.193 e. The molecular formula is C18H30IN3O. The minimum absolute atomic E-state index is 0. The highest BCUT2D eigenvalue weighted by atomic mass is 127. The van der Waals surface area contributed by atoms with E-state index in [4.69, 9.17) is 4.74 Å². The maximum Gasteiger partial charge on any atom is 0.193 e. The van der Waals surface area contributed by atoms with Gasteiger partial charge in [0.15, 0.2) is 5.96 Å². The highest BCUT2D eigenvalue weighted by molar-refractivity contribution is 14.0. The Bertz CT molecular complexity index is 463. The lowest BCUT2D eigenvalue weighted by Gasteiger charge is -2.23. The molecule has 0 saturated heterocycles. The van der Waals surface area contributed by atoms with Crippen LogP contribution >= 0.6 is 24.0 Å². The molecule has 1 N–H and O–H groups in total. The van der Waals surface area contributed by atoms with Crippen LogP contribution in [0, 0.1) is 5.92 Å². The topological polar surface area (TPSA) is 36.9 Å². The zero-order valence-corrected chi connectivity index (χ0v) is 16.8. The molecule has 1 aliphatic carbocycles. The van der Waals surface area contributed by atoms with Crippen molar-refractivity contribution < 1.29 is 4.74 Å². The van der Waals surface area contributed by atoms with Crippen molar-refractivity contribution in [2.24, 2.45) is 10.9 Å². The van der Waals surface area contributed by atoms with E-state index in [2.05, 4.69) is 59.5 Å². The van der Waals surface area contributed by atoms with Gasteiger partial charge < -0.3 is 15.0 Å². The Kier molecular flexibility index (Phi) is 9.55. The second-order valence-corrected chi connectivity index (χ2v) is 6.18. The molecule has 2 rings (SSSR count). The second-order valence-electron chi connectivity index (χ2n) is 6.18. The Morgan fingerprint density at radius 1 is 1.35 bits per heavy atom. The van der Waals surface area contributed by atoms with Crippen LogP contribution in [0.4, 0.5) is 0 Å². The van der Waals surface area contributed by atoms with E-state index in [1.165, 1.54) is 18.4 Å². The number of benzene rings is 1. The van der Waals surface area contributed by atoms with E-state index < -0.39 is 0 Å². The van der Waals surface area contributed by atoms with Crippen LogP contribution in [0.1, 0.15) is 31.2 Å². The van der Waals surface area contributed by atoms with Gasteiger partial charge >= 0.3 is 0 Å². The Hall–Kier alpha value is -0.820. The molecule has 0 aliphatic heterocycles. The number of rotatable bonds is 8. The molecule has 5 heteroatoms. The summed E-state index contributed by atoms with van der Waals surface area (Å²) in [7, 11) is 3.89. The Labute approximate surface area is 157 Å². The van der Waals surface area contributed by atoms with Crippen molar-refractivity contribution in [2.45, 2.75) is 25.7 Å². The maximum absolute atomic E-state index is 5.69. The molecule has 0 radical (unpaired) electrons. The summed E-state index contributed by atoms with van der Waals surface area (Å²) in [5, 5.41) is 3.45. The fourth-order valence-corrected chi connectivity index (χ4v) is 2.37. The van der Waals surface area contributed by atoms with Crippen LogP contribution in [-0.2, 0) is 4.74 Å². The van der Waals surface area contributed by atoms with Gasteiger partial charge in [-0.2, -0.15) is 0 Å². The molecule has 0 heterocycles. The van der Waals surface area contributed by atoms with E-state index in [1.807, 2.05) is 7.05 Å². The normalized spacial score (nSPS) is 15.7. The third-order valence-corrected chi connectivity index (χ3v) is 4.13. The summed E-state index contributed by atoms with van der Waals surface area (Å²) in [5.41, 5.74) is 1.35. The van der Waals surface area contributed by atoms with E-state index in [0.717, 1.165) is 38.2 Å². The lowest BCUT2D eigenvalue weighted by atomic mass is 10.0. The fraction of sp³-hybridized carbons (Fsp3) is 0.611. The van der Waals surface area contributed by atoms with Crippen molar-refractivity contribution in [3.05, 3.63) is 35.9 Å². The molecule has 0 amide bonds. The van der Waals surface area contributed by atoms with Crippen LogP contribution in [0.15, 0.2) is 35.3 Å². The summed E-state index contributed by atoms with van der Waals surface area (Å²) in [5.74, 6) is 2.21. The molecule has 1 unspecified atom stereocenters. The summed E-state index contributed by atoms with van der Waals surface area (Å²) in [6.07, 6.45) is 2.69. The SMILES string of the molecule is CN=C(NCC(C)c1ccccc1)N(C)CCOCC1CC1.I. The number of halogens is 1. The van der Waals surface area contributed by atoms with Gasteiger partial charge in [-0.3, -0.25) is 4.99 Å². The zero-order chi connectivity index (χ0) is 15.8. The van der Waals surface area contributed by atoms with Gasteiger partial charge in [0.1, 0.15) is 0 Å². The van der Waals surface area contributed by atoms with Crippen LogP contribution in [-0.4, -0.2) is 51.3 Å². The van der Waals surface area contributed by atoms with Crippen molar-refractivity contribution in [3.63, 3.8) is 0 Å². The minimum Gasteiger partial charge on any atom is -0.379 e. The molecule has 0 spiro atoms. The van der Waals surface area contributed by atoms with Gasteiger partial charge in [-0.05, 0) is 30.2 Å².